The van der Waals surface area contributed by atoms with Crippen LogP contribution in [0, 0.1) is 5.82 Å². The van der Waals surface area contributed by atoms with Gasteiger partial charge in [-0.1, -0.05) is 39.0 Å². The summed E-state index contributed by atoms with van der Waals surface area (Å²) in [7, 11) is 0. The van der Waals surface area contributed by atoms with Crippen molar-refractivity contribution in [1.82, 2.24) is 0 Å². The molecule has 1 aromatic carbocycles. The second-order valence-corrected chi connectivity index (χ2v) is 5.15. The van der Waals surface area contributed by atoms with Crippen molar-refractivity contribution >= 4 is 11.8 Å². The highest BCUT2D eigenvalue weighted by molar-refractivity contribution is 6.33. The van der Waals surface area contributed by atoms with E-state index >= 15 is 0 Å². The number of ether oxygens (including phenoxy) is 1. The molecule has 0 aliphatic carbocycles. The SMILES string of the molecule is CCC(CC)(CC)OC(=O)C(=O)CCc1ccccc1F. The normalized spacial score (nSPS) is 11.2. The Labute approximate surface area is 125 Å². The number of halogens is 1. The maximum atomic E-state index is 13.4. The van der Waals surface area contributed by atoms with Gasteiger partial charge in [-0.25, -0.2) is 9.18 Å². The summed E-state index contributed by atoms with van der Waals surface area (Å²) in [6.07, 6.45) is 2.19. The van der Waals surface area contributed by atoms with Crippen LogP contribution in [0.5, 0.6) is 0 Å². The van der Waals surface area contributed by atoms with Crippen LogP contribution in [0.3, 0.4) is 0 Å². The van der Waals surface area contributed by atoms with Crippen molar-refractivity contribution in [1.29, 1.82) is 0 Å². The zero-order valence-corrected chi connectivity index (χ0v) is 12.9. The van der Waals surface area contributed by atoms with Gasteiger partial charge in [0, 0.05) is 6.42 Å². The molecule has 0 saturated heterocycles. The van der Waals surface area contributed by atoms with E-state index < -0.39 is 17.4 Å². The van der Waals surface area contributed by atoms with E-state index in [2.05, 4.69) is 0 Å². The summed E-state index contributed by atoms with van der Waals surface area (Å²) in [4.78, 5) is 23.7. The molecule has 0 aliphatic heterocycles. The predicted molar refractivity (Wildman–Crippen MR) is 79.4 cm³/mol. The molecule has 0 radical (unpaired) electrons. The number of ketones is 1. The Kier molecular flexibility index (Phi) is 6.53. The Morgan fingerprint density at radius 2 is 1.67 bits per heavy atom. The van der Waals surface area contributed by atoms with Crippen LogP contribution in [0.1, 0.15) is 52.0 Å². The summed E-state index contributed by atoms with van der Waals surface area (Å²) < 4.78 is 18.8. The van der Waals surface area contributed by atoms with Gasteiger partial charge in [0.1, 0.15) is 11.4 Å². The van der Waals surface area contributed by atoms with Crippen molar-refractivity contribution in [3.05, 3.63) is 35.6 Å². The topological polar surface area (TPSA) is 43.4 Å². The molecule has 0 bridgehead atoms. The first-order valence-electron chi connectivity index (χ1n) is 7.47. The summed E-state index contributed by atoms with van der Waals surface area (Å²) in [5, 5.41) is 0. The van der Waals surface area contributed by atoms with E-state index in [-0.39, 0.29) is 18.7 Å². The molecule has 0 atom stereocenters. The molecule has 0 fully saturated rings. The van der Waals surface area contributed by atoms with E-state index in [9.17, 15) is 14.0 Å². The Morgan fingerprint density at radius 1 is 1.10 bits per heavy atom. The number of rotatable bonds is 8. The summed E-state index contributed by atoms with van der Waals surface area (Å²) in [5.41, 5.74) is -0.128. The van der Waals surface area contributed by atoms with E-state index in [0.717, 1.165) is 0 Å². The smallest absolute Gasteiger partial charge is 0.375 e. The lowest BCUT2D eigenvalue weighted by molar-refractivity contribution is -0.167. The largest absolute Gasteiger partial charge is 0.453 e. The zero-order valence-electron chi connectivity index (χ0n) is 12.9. The molecule has 0 unspecified atom stereocenters. The number of carbonyl (C=O) groups is 2. The molecule has 4 heteroatoms. The summed E-state index contributed by atoms with van der Waals surface area (Å²) in [6.45, 7) is 5.80. The van der Waals surface area contributed by atoms with Crippen LogP contribution >= 0.6 is 0 Å². The minimum atomic E-state index is -0.808. The molecule has 21 heavy (non-hydrogen) atoms. The lowest BCUT2D eigenvalue weighted by Crippen LogP contribution is -2.36. The standard InChI is InChI=1S/C17H23FO3/c1-4-17(5-2,6-3)21-16(20)15(19)12-11-13-9-7-8-10-14(13)18/h7-10H,4-6,11-12H2,1-3H3. The van der Waals surface area contributed by atoms with Crippen molar-refractivity contribution in [3.63, 3.8) is 0 Å². The van der Waals surface area contributed by atoms with Crippen LogP contribution in [-0.4, -0.2) is 17.4 Å². The average Bonchev–Trinajstić information content (AvgIpc) is 2.51. The molecule has 3 nitrogen and oxygen atoms in total. The fourth-order valence-electron chi connectivity index (χ4n) is 2.27. The average molecular weight is 294 g/mol. The van der Waals surface area contributed by atoms with E-state index in [4.69, 9.17) is 4.74 Å². The van der Waals surface area contributed by atoms with Crippen molar-refractivity contribution in [3.8, 4) is 0 Å². The van der Waals surface area contributed by atoms with Crippen LogP contribution < -0.4 is 0 Å². The molecule has 0 heterocycles. The first kappa shape index (κ1) is 17.3. The van der Waals surface area contributed by atoms with Gasteiger partial charge >= 0.3 is 5.97 Å². The maximum absolute atomic E-state index is 13.4. The molecule has 1 aromatic rings. The van der Waals surface area contributed by atoms with Gasteiger partial charge in [-0.2, -0.15) is 0 Å². The van der Waals surface area contributed by atoms with Gasteiger partial charge in [0.2, 0.25) is 5.78 Å². The predicted octanol–water partition coefficient (Wildman–Crippen LogP) is 3.84. The van der Waals surface area contributed by atoms with Crippen LogP contribution in [0.25, 0.3) is 0 Å². The number of benzene rings is 1. The summed E-state index contributed by atoms with van der Waals surface area (Å²) >= 11 is 0. The van der Waals surface area contributed by atoms with Crippen LogP contribution in [-0.2, 0) is 20.7 Å². The quantitative estimate of drug-likeness (QED) is 0.540. The lowest BCUT2D eigenvalue weighted by Gasteiger charge is -2.29. The third-order valence-electron chi connectivity index (χ3n) is 4.05. The summed E-state index contributed by atoms with van der Waals surface area (Å²) in [5.74, 6) is -1.77. The molecule has 0 amide bonds. The van der Waals surface area contributed by atoms with Gasteiger partial charge in [0.25, 0.3) is 0 Å². The molecule has 0 aliphatic rings. The number of hydrogen-bond acceptors (Lipinski definition) is 3. The number of esters is 1. The fraction of sp³-hybridized carbons (Fsp3) is 0.529. The summed E-state index contributed by atoms with van der Waals surface area (Å²) in [6, 6.07) is 6.25. The van der Waals surface area contributed by atoms with E-state index in [1.807, 2.05) is 20.8 Å². The van der Waals surface area contributed by atoms with Crippen LogP contribution in [0.2, 0.25) is 0 Å². The minimum absolute atomic E-state index is 0.0347. The highest BCUT2D eigenvalue weighted by Crippen LogP contribution is 2.25. The molecular formula is C17H23FO3. The molecular weight excluding hydrogens is 271 g/mol. The Bertz CT molecular complexity index is 484. The van der Waals surface area contributed by atoms with Crippen molar-refractivity contribution in [2.75, 3.05) is 0 Å². The third kappa shape index (κ3) is 4.66. The van der Waals surface area contributed by atoms with E-state index in [0.29, 0.717) is 24.8 Å². The molecule has 0 N–H and O–H groups in total. The fourth-order valence-corrected chi connectivity index (χ4v) is 2.27. The van der Waals surface area contributed by atoms with Crippen molar-refractivity contribution < 1.29 is 18.7 Å². The van der Waals surface area contributed by atoms with Crippen molar-refractivity contribution in [2.24, 2.45) is 0 Å². The van der Waals surface area contributed by atoms with Crippen LogP contribution in [0.4, 0.5) is 4.39 Å². The monoisotopic (exact) mass is 294 g/mol. The number of Topliss-reactive ketones (excluding diaryl/α,β-unsaturated/α-hetero) is 1. The third-order valence-corrected chi connectivity index (χ3v) is 4.05. The molecule has 116 valence electrons. The zero-order chi connectivity index (χ0) is 15.9. The molecule has 1 rings (SSSR count). The van der Waals surface area contributed by atoms with Gasteiger partial charge in [-0.3, -0.25) is 4.79 Å². The Balaban J connectivity index is 2.59. The first-order valence-corrected chi connectivity index (χ1v) is 7.47. The van der Waals surface area contributed by atoms with Crippen LogP contribution in [0.15, 0.2) is 24.3 Å². The molecule has 0 aromatic heterocycles. The number of hydrogen-bond donors (Lipinski definition) is 0. The number of aryl methyl sites for hydroxylation is 1. The molecule has 0 saturated carbocycles. The maximum Gasteiger partial charge on any atom is 0.375 e. The van der Waals surface area contributed by atoms with Gasteiger partial charge in [0.05, 0.1) is 0 Å². The van der Waals surface area contributed by atoms with E-state index in [1.54, 1.807) is 18.2 Å². The van der Waals surface area contributed by atoms with Gasteiger partial charge in [-0.15, -0.1) is 0 Å². The first-order chi connectivity index (χ1) is 9.98. The minimum Gasteiger partial charge on any atom is -0.453 e. The highest BCUT2D eigenvalue weighted by Gasteiger charge is 2.31. The van der Waals surface area contributed by atoms with Gasteiger partial charge < -0.3 is 4.74 Å². The van der Waals surface area contributed by atoms with Crippen molar-refractivity contribution in [2.45, 2.75) is 58.5 Å². The second-order valence-electron chi connectivity index (χ2n) is 5.15. The second kappa shape index (κ2) is 7.91. The highest BCUT2D eigenvalue weighted by atomic mass is 19.1. The van der Waals surface area contributed by atoms with E-state index in [1.165, 1.54) is 6.07 Å². The Morgan fingerprint density at radius 3 is 2.19 bits per heavy atom. The lowest BCUT2D eigenvalue weighted by atomic mass is 9.94. The van der Waals surface area contributed by atoms with Gasteiger partial charge in [0.15, 0.2) is 0 Å². The van der Waals surface area contributed by atoms with Gasteiger partial charge in [-0.05, 0) is 37.3 Å². The molecule has 0 spiro atoms. The number of carbonyl (C=O) groups excluding carboxylic acids is 2. The Hall–Kier alpha value is -1.71.